The van der Waals surface area contributed by atoms with Gasteiger partial charge >= 0.3 is 0 Å². The molecular formula is C14H23N3O2S. The molecule has 0 amide bonds. The lowest BCUT2D eigenvalue weighted by molar-refractivity contribution is 0.362. The first kappa shape index (κ1) is 15.1. The fourth-order valence-electron chi connectivity index (χ4n) is 2.93. The summed E-state index contributed by atoms with van der Waals surface area (Å²) in [5, 5.41) is 5.29. The number of nitrogen functional groups attached to an aromatic ring is 1. The standard InChI is InChI=1S/C14H23N3O2S/c1-17(10-11-5-3-2-4-6-11)13-8-7-12(15)9-14(13)20(16,18)19/h7-9,11H,2-6,10,15H2,1H3,(H2,16,18,19). The number of hydrogen-bond donors (Lipinski definition) is 2. The minimum atomic E-state index is -3.76. The van der Waals surface area contributed by atoms with Crippen molar-refractivity contribution in [3.8, 4) is 0 Å². The Hall–Kier alpha value is -1.27. The summed E-state index contributed by atoms with van der Waals surface area (Å²) in [6.45, 7) is 0.854. The molecule has 0 heterocycles. The molecule has 6 heteroatoms. The van der Waals surface area contributed by atoms with Gasteiger partial charge < -0.3 is 10.6 Å². The van der Waals surface area contributed by atoms with Crippen LogP contribution in [-0.2, 0) is 10.0 Å². The van der Waals surface area contributed by atoms with E-state index in [1.54, 1.807) is 12.1 Å². The average Bonchev–Trinajstić information content (AvgIpc) is 2.38. The number of anilines is 2. The fraction of sp³-hybridized carbons (Fsp3) is 0.571. The van der Waals surface area contributed by atoms with Crippen LogP contribution in [0.15, 0.2) is 23.1 Å². The van der Waals surface area contributed by atoms with Gasteiger partial charge in [0.2, 0.25) is 10.0 Å². The summed E-state index contributed by atoms with van der Waals surface area (Å²) in [5.74, 6) is 0.625. The molecule has 2 rings (SSSR count). The number of rotatable bonds is 4. The van der Waals surface area contributed by atoms with E-state index < -0.39 is 10.0 Å². The maximum Gasteiger partial charge on any atom is 0.240 e. The fourth-order valence-corrected chi connectivity index (χ4v) is 3.75. The van der Waals surface area contributed by atoms with E-state index in [0.29, 0.717) is 17.3 Å². The predicted molar refractivity (Wildman–Crippen MR) is 82.1 cm³/mol. The molecule has 0 aromatic heterocycles. The summed E-state index contributed by atoms with van der Waals surface area (Å²) in [6, 6.07) is 4.88. The quantitative estimate of drug-likeness (QED) is 0.831. The molecule has 0 unspecified atom stereocenters. The third-order valence-electron chi connectivity index (χ3n) is 3.96. The van der Waals surface area contributed by atoms with Crippen molar-refractivity contribution in [2.75, 3.05) is 24.2 Å². The summed E-state index contributed by atoms with van der Waals surface area (Å²) in [4.78, 5) is 2.09. The molecule has 4 N–H and O–H groups in total. The van der Waals surface area contributed by atoms with Gasteiger partial charge in [0, 0.05) is 19.3 Å². The SMILES string of the molecule is CN(CC1CCCCC1)c1ccc(N)cc1S(N)(=O)=O. The highest BCUT2D eigenvalue weighted by atomic mass is 32.2. The Labute approximate surface area is 121 Å². The van der Waals surface area contributed by atoms with Crippen LogP contribution in [0.5, 0.6) is 0 Å². The zero-order chi connectivity index (χ0) is 14.8. The molecule has 0 spiro atoms. The van der Waals surface area contributed by atoms with Crippen LogP contribution in [0.1, 0.15) is 32.1 Å². The van der Waals surface area contributed by atoms with Gasteiger partial charge in [-0.05, 0) is 37.0 Å². The van der Waals surface area contributed by atoms with Gasteiger partial charge in [-0.2, -0.15) is 0 Å². The lowest BCUT2D eigenvalue weighted by Crippen LogP contribution is -2.29. The summed E-state index contributed by atoms with van der Waals surface area (Å²) >= 11 is 0. The highest BCUT2D eigenvalue weighted by molar-refractivity contribution is 7.89. The van der Waals surface area contributed by atoms with E-state index in [2.05, 4.69) is 0 Å². The molecule has 1 saturated carbocycles. The van der Waals surface area contributed by atoms with Crippen LogP contribution in [0.3, 0.4) is 0 Å². The van der Waals surface area contributed by atoms with E-state index in [1.807, 2.05) is 11.9 Å². The van der Waals surface area contributed by atoms with E-state index in [1.165, 1.54) is 38.2 Å². The molecule has 0 bridgehead atoms. The number of primary sulfonamides is 1. The zero-order valence-corrected chi connectivity index (χ0v) is 12.7. The van der Waals surface area contributed by atoms with E-state index in [9.17, 15) is 8.42 Å². The van der Waals surface area contributed by atoms with Crippen molar-refractivity contribution in [3.63, 3.8) is 0 Å². The van der Waals surface area contributed by atoms with Crippen molar-refractivity contribution < 1.29 is 8.42 Å². The molecule has 1 fully saturated rings. The van der Waals surface area contributed by atoms with Crippen LogP contribution in [0.25, 0.3) is 0 Å². The summed E-state index contributed by atoms with van der Waals surface area (Å²) in [7, 11) is -1.85. The van der Waals surface area contributed by atoms with Gasteiger partial charge in [0.15, 0.2) is 0 Å². The van der Waals surface area contributed by atoms with Crippen LogP contribution in [0.4, 0.5) is 11.4 Å². The molecule has 1 aromatic rings. The maximum absolute atomic E-state index is 11.7. The Morgan fingerprint density at radius 2 is 1.90 bits per heavy atom. The minimum absolute atomic E-state index is 0.107. The second-order valence-corrected chi connectivity index (χ2v) is 7.19. The monoisotopic (exact) mass is 297 g/mol. The Morgan fingerprint density at radius 1 is 1.25 bits per heavy atom. The summed E-state index contributed by atoms with van der Waals surface area (Å²) in [6.07, 6.45) is 6.27. The Kier molecular flexibility index (Phi) is 4.55. The average molecular weight is 297 g/mol. The molecule has 1 aliphatic carbocycles. The minimum Gasteiger partial charge on any atom is -0.399 e. The van der Waals surface area contributed by atoms with Crippen molar-refractivity contribution in [1.82, 2.24) is 0 Å². The number of hydrogen-bond acceptors (Lipinski definition) is 4. The van der Waals surface area contributed by atoms with Gasteiger partial charge in [-0.25, -0.2) is 13.6 Å². The highest BCUT2D eigenvalue weighted by Gasteiger charge is 2.20. The second kappa shape index (κ2) is 6.01. The lowest BCUT2D eigenvalue weighted by Gasteiger charge is -2.29. The first-order valence-electron chi connectivity index (χ1n) is 7.01. The molecule has 5 nitrogen and oxygen atoms in total. The first-order valence-corrected chi connectivity index (χ1v) is 8.56. The summed E-state index contributed by atoms with van der Waals surface area (Å²) in [5.41, 5.74) is 6.71. The molecule has 1 aromatic carbocycles. The molecule has 0 aliphatic heterocycles. The summed E-state index contributed by atoms with van der Waals surface area (Å²) < 4.78 is 23.4. The normalized spacial score (nSPS) is 17.1. The lowest BCUT2D eigenvalue weighted by atomic mass is 9.89. The first-order chi connectivity index (χ1) is 9.38. The van der Waals surface area contributed by atoms with Gasteiger partial charge in [-0.1, -0.05) is 19.3 Å². The van der Waals surface area contributed by atoms with E-state index >= 15 is 0 Å². The highest BCUT2D eigenvalue weighted by Crippen LogP contribution is 2.29. The van der Waals surface area contributed by atoms with Crippen molar-refractivity contribution >= 4 is 21.4 Å². The maximum atomic E-state index is 11.7. The van der Waals surface area contributed by atoms with E-state index in [4.69, 9.17) is 10.9 Å². The van der Waals surface area contributed by atoms with Gasteiger partial charge in [-0.15, -0.1) is 0 Å². The van der Waals surface area contributed by atoms with Gasteiger partial charge in [0.1, 0.15) is 4.90 Å². The topological polar surface area (TPSA) is 89.4 Å². The molecule has 0 atom stereocenters. The Bertz CT molecular complexity index is 566. The van der Waals surface area contributed by atoms with Gasteiger partial charge in [-0.3, -0.25) is 0 Å². The van der Waals surface area contributed by atoms with E-state index in [0.717, 1.165) is 6.54 Å². The number of nitrogens with two attached hydrogens (primary N) is 2. The molecular weight excluding hydrogens is 274 g/mol. The Balaban J connectivity index is 2.22. The Morgan fingerprint density at radius 3 is 2.50 bits per heavy atom. The third kappa shape index (κ3) is 3.64. The smallest absolute Gasteiger partial charge is 0.240 e. The van der Waals surface area contributed by atoms with Crippen molar-refractivity contribution in [2.45, 2.75) is 37.0 Å². The molecule has 0 saturated heterocycles. The van der Waals surface area contributed by atoms with Crippen LogP contribution in [0.2, 0.25) is 0 Å². The van der Waals surface area contributed by atoms with Gasteiger partial charge in [0.05, 0.1) is 5.69 Å². The van der Waals surface area contributed by atoms with Crippen LogP contribution >= 0.6 is 0 Å². The number of sulfonamides is 1. The number of nitrogens with zero attached hydrogens (tertiary/aromatic N) is 1. The van der Waals surface area contributed by atoms with Crippen molar-refractivity contribution in [3.05, 3.63) is 18.2 Å². The second-order valence-electron chi connectivity index (χ2n) is 5.66. The zero-order valence-electron chi connectivity index (χ0n) is 11.9. The largest absolute Gasteiger partial charge is 0.399 e. The van der Waals surface area contributed by atoms with Crippen molar-refractivity contribution in [1.29, 1.82) is 0 Å². The van der Waals surface area contributed by atoms with E-state index in [-0.39, 0.29) is 4.90 Å². The van der Waals surface area contributed by atoms with Crippen LogP contribution in [0, 0.1) is 5.92 Å². The molecule has 1 aliphatic rings. The predicted octanol–water partition coefficient (Wildman–Crippen LogP) is 1.93. The molecule has 112 valence electrons. The molecule has 0 radical (unpaired) electrons. The van der Waals surface area contributed by atoms with Crippen molar-refractivity contribution in [2.24, 2.45) is 11.1 Å². The van der Waals surface area contributed by atoms with Gasteiger partial charge in [0.25, 0.3) is 0 Å². The number of benzene rings is 1. The molecule has 20 heavy (non-hydrogen) atoms. The third-order valence-corrected chi connectivity index (χ3v) is 4.90. The van der Waals surface area contributed by atoms with Crippen LogP contribution in [-0.4, -0.2) is 22.0 Å². The van der Waals surface area contributed by atoms with Crippen LogP contribution < -0.4 is 15.8 Å².